The van der Waals surface area contributed by atoms with Gasteiger partial charge in [-0.15, -0.1) is 0 Å². The topological polar surface area (TPSA) is 88.5 Å². The molecule has 7 nitrogen and oxygen atoms in total. The number of hydrogen-bond acceptors (Lipinski definition) is 4. The number of amides is 1. The van der Waals surface area contributed by atoms with Gasteiger partial charge in [0.1, 0.15) is 12.1 Å². The fourth-order valence-electron chi connectivity index (χ4n) is 3.34. The van der Waals surface area contributed by atoms with Gasteiger partial charge in [-0.25, -0.2) is 9.97 Å². The number of aromatic amines is 1. The monoisotopic (exact) mass is 426 g/mol. The molecular weight excluding hydrogens is 409 g/mol. The molecule has 0 spiro atoms. The van der Waals surface area contributed by atoms with Crippen LogP contribution in [-0.4, -0.2) is 30.6 Å². The average Bonchev–Trinajstić information content (AvgIpc) is 3.38. The number of carbonyl (C=O) groups is 1. The molecule has 1 aromatic carbocycles. The fourth-order valence-corrected chi connectivity index (χ4v) is 3.34. The minimum atomic E-state index is -4.53. The highest BCUT2D eigenvalue weighted by Gasteiger charge is 2.34. The van der Waals surface area contributed by atoms with E-state index < -0.39 is 11.7 Å². The van der Waals surface area contributed by atoms with Crippen LogP contribution in [0, 0.1) is 6.92 Å². The number of pyridine rings is 1. The number of aromatic nitrogens is 5. The van der Waals surface area contributed by atoms with E-state index in [0.717, 1.165) is 11.6 Å². The smallest absolute Gasteiger partial charge is 0.322 e. The molecule has 0 aliphatic rings. The van der Waals surface area contributed by atoms with E-state index in [1.807, 2.05) is 6.92 Å². The van der Waals surface area contributed by atoms with E-state index in [9.17, 15) is 18.0 Å². The third-order valence-electron chi connectivity index (χ3n) is 4.68. The summed E-state index contributed by atoms with van der Waals surface area (Å²) in [5.41, 5.74) is 1.47. The largest absolute Gasteiger partial charge is 0.417 e. The first-order valence-corrected chi connectivity index (χ1v) is 9.23. The van der Waals surface area contributed by atoms with E-state index in [2.05, 4.69) is 25.5 Å². The van der Waals surface area contributed by atoms with Crippen LogP contribution in [0.2, 0.25) is 0 Å². The lowest BCUT2D eigenvalue weighted by Crippen LogP contribution is -2.08. The van der Waals surface area contributed by atoms with Gasteiger partial charge in [-0.05, 0) is 24.1 Å². The molecule has 0 unspecified atom stereocenters. The number of nitrogens with one attached hydrogen (secondary N) is 2. The Balaban J connectivity index is 1.93. The zero-order valence-electron chi connectivity index (χ0n) is 16.5. The molecule has 0 bridgehead atoms. The molecule has 3 heterocycles. The molecule has 0 aliphatic heterocycles. The normalized spacial score (nSPS) is 11.5. The summed E-state index contributed by atoms with van der Waals surface area (Å²) in [5, 5.41) is 9.15. The Labute approximate surface area is 175 Å². The van der Waals surface area contributed by atoms with E-state index in [4.69, 9.17) is 0 Å². The summed E-state index contributed by atoms with van der Waals surface area (Å²) < 4.78 is 42.7. The van der Waals surface area contributed by atoms with Gasteiger partial charge in [0, 0.05) is 42.7 Å². The molecule has 0 atom stereocenters. The van der Waals surface area contributed by atoms with Gasteiger partial charge in [-0.3, -0.25) is 9.89 Å². The molecule has 0 saturated carbocycles. The lowest BCUT2D eigenvalue weighted by atomic mass is 9.98. The molecule has 4 rings (SSSR count). The zero-order chi connectivity index (χ0) is 22.2. The van der Waals surface area contributed by atoms with Gasteiger partial charge in [-0.2, -0.15) is 18.3 Å². The Bertz CT molecular complexity index is 1240. The Morgan fingerprint density at radius 2 is 1.84 bits per heavy atom. The Morgan fingerprint density at radius 1 is 1.10 bits per heavy atom. The van der Waals surface area contributed by atoms with Crippen molar-refractivity contribution in [3.63, 3.8) is 0 Å². The van der Waals surface area contributed by atoms with Gasteiger partial charge in [-0.1, -0.05) is 18.2 Å². The molecule has 158 valence electrons. The first kappa shape index (κ1) is 20.3. The highest BCUT2D eigenvalue weighted by atomic mass is 19.4. The summed E-state index contributed by atoms with van der Waals surface area (Å²) in [6.07, 6.45) is 1.62. The van der Waals surface area contributed by atoms with Crippen molar-refractivity contribution in [2.24, 2.45) is 0 Å². The summed E-state index contributed by atoms with van der Waals surface area (Å²) in [5.74, 6) is 0.386. The number of rotatable bonds is 4. The molecule has 0 fully saturated rings. The number of nitrogens with zero attached hydrogens (tertiary/aromatic N) is 4. The van der Waals surface area contributed by atoms with Crippen LogP contribution in [0.3, 0.4) is 0 Å². The van der Waals surface area contributed by atoms with Crippen molar-refractivity contribution < 1.29 is 18.0 Å². The Morgan fingerprint density at radius 3 is 2.52 bits per heavy atom. The Hall–Kier alpha value is -3.95. The lowest BCUT2D eigenvalue weighted by Gasteiger charge is -2.13. The summed E-state index contributed by atoms with van der Waals surface area (Å²) in [6.45, 7) is 3.18. The van der Waals surface area contributed by atoms with Crippen molar-refractivity contribution in [2.45, 2.75) is 20.0 Å². The molecule has 31 heavy (non-hydrogen) atoms. The number of alkyl halides is 3. The van der Waals surface area contributed by atoms with E-state index in [-0.39, 0.29) is 11.5 Å². The summed E-state index contributed by atoms with van der Waals surface area (Å²) in [4.78, 5) is 19.7. The van der Waals surface area contributed by atoms with Crippen molar-refractivity contribution in [2.75, 3.05) is 5.32 Å². The quantitative estimate of drug-likeness (QED) is 0.499. The molecule has 0 radical (unpaired) electrons. The van der Waals surface area contributed by atoms with E-state index in [1.165, 1.54) is 25.4 Å². The van der Waals surface area contributed by atoms with Crippen molar-refractivity contribution in [3.05, 3.63) is 66.4 Å². The highest BCUT2D eigenvalue weighted by Crippen LogP contribution is 2.41. The van der Waals surface area contributed by atoms with Gasteiger partial charge in [0.05, 0.1) is 11.3 Å². The molecule has 0 saturated heterocycles. The first-order valence-electron chi connectivity index (χ1n) is 9.23. The van der Waals surface area contributed by atoms with Crippen molar-refractivity contribution in [3.8, 4) is 28.2 Å². The van der Waals surface area contributed by atoms with Crippen LogP contribution in [0.15, 0.2) is 55.2 Å². The second-order valence-electron chi connectivity index (χ2n) is 6.91. The highest BCUT2D eigenvalue weighted by molar-refractivity contribution is 5.88. The molecule has 4 aromatic rings. The maximum absolute atomic E-state index is 13.7. The predicted molar refractivity (Wildman–Crippen MR) is 108 cm³/mol. The molecule has 1 amide bonds. The van der Waals surface area contributed by atoms with Gasteiger partial charge >= 0.3 is 6.18 Å². The standard InChI is InChI=1S/C21H17F3N6O/c1-12-8-25-19(28-13(2)31)7-18(12)30-9-15(16(10-30)20-26-11-27-29-20)14-5-3-4-6-17(14)21(22,23)24/h3-11H,1-2H3,(H,25,28,31)(H,26,27,29). The van der Waals surface area contributed by atoms with Crippen LogP contribution in [0.1, 0.15) is 18.1 Å². The van der Waals surface area contributed by atoms with Gasteiger partial charge in [0.25, 0.3) is 0 Å². The van der Waals surface area contributed by atoms with Crippen LogP contribution in [0.4, 0.5) is 19.0 Å². The summed E-state index contributed by atoms with van der Waals surface area (Å²) in [6, 6.07) is 7.02. The van der Waals surface area contributed by atoms with E-state index >= 15 is 0 Å². The van der Waals surface area contributed by atoms with Crippen LogP contribution in [-0.2, 0) is 11.0 Å². The third-order valence-corrected chi connectivity index (χ3v) is 4.68. The number of H-pyrrole nitrogens is 1. The number of aryl methyl sites for hydroxylation is 1. The molecule has 2 N–H and O–H groups in total. The van der Waals surface area contributed by atoms with Crippen LogP contribution >= 0.6 is 0 Å². The van der Waals surface area contributed by atoms with Gasteiger partial charge < -0.3 is 9.88 Å². The van der Waals surface area contributed by atoms with Crippen molar-refractivity contribution >= 4 is 11.7 Å². The minimum absolute atomic E-state index is 0.0222. The molecule has 3 aromatic heterocycles. The molecule has 10 heteroatoms. The summed E-state index contributed by atoms with van der Waals surface area (Å²) in [7, 11) is 0. The average molecular weight is 426 g/mol. The third kappa shape index (κ3) is 4.04. The van der Waals surface area contributed by atoms with Gasteiger partial charge in [0.15, 0.2) is 5.82 Å². The van der Waals surface area contributed by atoms with E-state index in [0.29, 0.717) is 28.5 Å². The SMILES string of the molecule is CC(=O)Nc1cc(-n2cc(-c3ncn[nH]3)c(-c3ccccc3C(F)(F)F)c2)c(C)cn1. The second-order valence-corrected chi connectivity index (χ2v) is 6.91. The summed E-state index contributed by atoms with van der Waals surface area (Å²) >= 11 is 0. The fraction of sp³-hybridized carbons (Fsp3) is 0.143. The zero-order valence-corrected chi connectivity index (χ0v) is 16.5. The number of benzene rings is 1. The number of hydrogen-bond donors (Lipinski definition) is 2. The first-order chi connectivity index (χ1) is 14.7. The molecular formula is C21H17F3N6O. The minimum Gasteiger partial charge on any atom is -0.322 e. The van der Waals surface area contributed by atoms with Crippen LogP contribution in [0.25, 0.3) is 28.2 Å². The predicted octanol–water partition coefficient (Wildman–Crippen LogP) is 4.61. The van der Waals surface area contributed by atoms with Crippen molar-refractivity contribution in [1.82, 2.24) is 24.7 Å². The number of carbonyl (C=O) groups excluding carboxylic acids is 1. The lowest BCUT2D eigenvalue weighted by molar-refractivity contribution is -0.137. The van der Waals surface area contributed by atoms with E-state index in [1.54, 1.807) is 35.3 Å². The van der Waals surface area contributed by atoms with Crippen LogP contribution < -0.4 is 5.32 Å². The molecule has 0 aliphatic carbocycles. The second kappa shape index (κ2) is 7.71. The Kier molecular flexibility index (Phi) is 5.05. The number of halogens is 3. The maximum atomic E-state index is 13.7. The van der Waals surface area contributed by atoms with Crippen LogP contribution in [0.5, 0.6) is 0 Å². The maximum Gasteiger partial charge on any atom is 0.417 e. The van der Waals surface area contributed by atoms with Crippen molar-refractivity contribution in [1.29, 1.82) is 0 Å². The number of anilines is 1. The van der Waals surface area contributed by atoms with Gasteiger partial charge in [0.2, 0.25) is 5.91 Å².